The Morgan fingerprint density at radius 2 is 2.09 bits per heavy atom. The Morgan fingerprint density at radius 1 is 1.26 bits per heavy atom. The molecule has 114 valence electrons. The molecule has 0 bridgehead atoms. The lowest BCUT2D eigenvalue weighted by molar-refractivity contribution is 0.102. The highest BCUT2D eigenvalue weighted by atomic mass is 16.3. The monoisotopic (exact) mass is 306 g/mol. The number of nitrogens with zero attached hydrogens (tertiary/aromatic N) is 1. The minimum atomic E-state index is -0.462. The molecule has 6 nitrogen and oxygen atoms in total. The summed E-state index contributed by atoms with van der Waals surface area (Å²) in [6.07, 6.45) is 2.67. The molecule has 1 heterocycles. The second-order valence-electron chi connectivity index (χ2n) is 4.98. The van der Waals surface area contributed by atoms with Gasteiger partial charge >= 0.3 is 0 Å². The van der Waals surface area contributed by atoms with E-state index in [0.717, 1.165) is 11.6 Å². The second kappa shape index (κ2) is 5.76. The molecule has 0 atom stereocenters. The van der Waals surface area contributed by atoms with E-state index in [0.29, 0.717) is 22.5 Å². The predicted octanol–water partition coefficient (Wildman–Crippen LogP) is 2.77. The van der Waals surface area contributed by atoms with Crippen molar-refractivity contribution in [1.29, 1.82) is 5.41 Å². The maximum absolute atomic E-state index is 12.4. The summed E-state index contributed by atoms with van der Waals surface area (Å²) in [6, 6.07) is 11.7. The Labute approximate surface area is 132 Å². The maximum atomic E-state index is 12.4. The van der Waals surface area contributed by atoms with E-state index in [-0.39, 0.29) is 11.3 Å². The highest BCUT2D eigenvalue weighted by molar-refractivity contribution is 6.09. The van der Waals surface area contributed by atoms with Crippen molar-refractivity contribution < 1.29 is 9.90 Å². The van der Waals surface area contributed by atoms with Crippen LogP contribution in [0.25, 0.3) is 10.9 Å². The van der Waals surface area contributed by atoms with Crippen molar-refractivity contribution >= 4 is 34.4 Å². The fourth-order valence-corrected chi connectivity index (χ4v) is 2.29. The number of fused-ring (bicyclic) bond motifs is 1. The number of nitrogens with two attached hydrogens (primary N) is 1. The number of carbonyl (C=O) groups is 1. The van der Waals surface area contributed by atoms with Crippen LogP contribution >= 0.6 is 0 Å². The number of hydrogen-bond acceptors (Lipinski definition) is 5. The molecule has 0 saturated carbocycles. The number of aromatic nitrogens is 1. The van der Waals surface area contributed by atoms with Gasteiger partial charge in [-0.1, -0.05) is 12.1 Å². The zero-order valence-corrected chi connectivity index (χ0v) is 12.1. The van der Waals surface area contributed by atoms with Crippen LogP contribution in [0.1, 0.15) is 15.9 Å². The van der Waals surface area contributed by atoms with E-state index in [4.69, 9.17) is 11.1 Å². The number of nitrogen functional groups attached to an aromatic ring is 1. The third kappa shape index (κ3) is 2.69. The largest absolute Gasteiger partial charge is 0.505 e. The molecule has 3 aromatic rings. The molecule has 0 aliphatic rings. The van der Waals surface area contributed by atoms with Crippen LogP contribution < -0.4 is 11.1 Å². The Bertz CT molecular complexity index is 922. The number of phenolic OH excluding ortho intramolecular Hbond substituents is 1. The van der Waals surface area contributed by atoms with E-state index in [9.17, 15) is 9.90 Å². The molecule has 0 saturated heterocycles. The van der Waals surface area contributed by atoms with Gasteiger partial charge in [0.1, 0.15) is 5.52 Å². The standard InChI is InChI=1S/C17H14N4O2/c18-9-11-8-12(4-6-14(11)19)21-17(23)13-5-3-10-2-1-7-20-15(10)16(13)22/h1-9,18,22H,19H2,(H,21,23). The van der Waals surface area contributed by atoms with Crippen LogP contribution in [0.2, 0.25) is 0 Å². The van der Waals surface area contributed by atoms with Crippen LogP contribution in [0.5, 0.6) is 5.75 Å². The third-order valence-corrected chi connectivity index (χ3v) is 3.49. The van der Waals surface area contributed by atoms with E-state index < -0.39 is 5.91 Å². The Balaban J connectivity index is 1.95. The average Bonchev–Trinajstić information content (AvgIpc) is 2.57. The van der Waals surface area contributed by atoms with Crippen molar-refractivity contribution in [2.75, 3.05) is 11.1 Å². The van der Waals surface area contributed by atoms with E-state index in [1.165, 1.54) is 0 Å². The van der Waals surface area contributed by atoms with Crippen molar-refractivity contribution in [2.24, 2.45) is 0 Å². The summed E-state index contributed by atoms with van der Waals surface area (Å²) < 4.78 is 0. The van der Waals surface area contributed by atoms with E-state index in [2.05, 4.69) is 10.3 Å². The van der Waals surface area contributed by atoms with Gasteiger partial charge in [-0.2, -0.15) is 0 Å². The van der Waals surface area contributed by atoms with E-state index in [1.54, 1.807) is 48.7 Å². The molecule has 6 heteroatoms. The molecule has 5 N–H and O–H groups in total. The van der Waals surface area contributed by atoms with Gasteiger partial charge in [-0.05, 0) is 30.3 Å². The maximum Gasteiger partial charge on any atom is 0.259 e. The van der Waals surface area contributed by atoms with Crippen LogP contribution in [0.3, 0.4) is 0 Å². The molecule has 0 radical (unpaired) electrons. The summed E-state index contributed by atoms with van der Waals surface area (Å²) in [5, 5.41) is 21.0. The quantitative estimate of drug-likeness (QED) is 0.440. The number of anilines is 2. The fraction of sp³-hybridized carbons (Fsp3) is 0. The predicted molar refractivity (Wildman–Crippen MR) is 90.1 cm³/mol. The first-order chi connectivity index (χ1) is 11.1. The molecular formula is C17H14N4O2. The van der Waals surface area contributed by atoms with Gasteiger partial charge in [0.05, 0.1) is 5.56 Å². The van der Waals surface area contributed by atoms with Gasteiger partial charge in [0.2, 0.25) is 0 Å². The molecule has 0 spiro atoms. The van der Waals surface area contributed by atoms with Crippen molar-refractivity contribution in [3.63, 3.8) is 0 Å². The zero-order valence-electron chi connectivity index (χ0n) is 12.1. The van der Waals surface area contributed by atoms with Gasteiger partial charge in [-0.25, -0.2) is 0 Å². The number of amides is 1. The van der Waals surface area contributed by atoms with Gasteiger partial charge in [0.15, 0.2) is 5.75 Å². The lowest BCUT2D eigenvalue weighted by Gasteiger charge is -2.10. The number of rotatable bonds is 3. The van der Waals surface area contributed by atoms with Gasteiger partial charge < -0.3 is 21.6 Å². The number of nitrogens with one attached hydrogen (secondary N) is 2. The minimum absolute atomic E-state index is 0.129. The second-order valence-corrected chi connectivity index (χ2v) is 4.98. The lowest BCUT2D eigenvalue weighted by Crippen LogP contribution is -2.12. The van der Waals surface area contributed by atoms with Crippen molar-refractivity contribution in [2.45, 2.75) is 0 Å². The first-order valence-electron chi connectivity index (χ1n) is 6.88. The number of phenols is 1. The van der Waals surface area contributed by atoms with Crippen LogP contribution in [0.15, 0.2) is 48.7 Å². The Kier molecular flexibility index (Phi) is 3.64. The van der Waals surface area contributed by atoms with Crippen LogP contribution in [-0.4, -0.2) is 22.2 Å². The molecule has 23 heavy (non-hydrogen) atoms. The number of pyridine rings is 1. The lowest BCUT2D eigenvalue weighted by atomic mass is 10.1. The third-order valence-electron chi connectivity index (χ3n) is 3.49. The molecule has 2 aromatic carbocycles. The number of carbonyl (C=O) groups excluding carboxylic acids is 1. The summed E-state index contributed by atoms with van der Waals surface area (Å²) in [5.41, 5.74) is 7.67. The van der Waals surface area contributed by atoms with E-state index in [1.807, 2.05) is 0 Å². The highest BCUT2D eigenvalue weighted by Gasteiger charge is 2.15. The SMILES string of the molecule is N=Cc1cc(NC(=O)c2ccc3cccnc3c2O)ccc1N. The first-order valence-corrected chi connectivity index (χ1v) is 6.88. The van der Waals surface area contributed by atoms with Crippen molar-refractivity contribution in [1.82, 2.24) is 4.98 Å². The normalized spacial score (nSPS) is 10.4. The average molecular weight is 306 g/mol. The van der Waals surface area contributed by atoms with Gasteiger partial charge in [0.25, 0.3) is 5.91 Å². The topological polar surface area (TPSA) is 112 Å². The smallest absolute Gasteiger partial charge is 0.259 e. The molecule has 0 aliphatic carbocycles. The van der Waals surface area contributed by atoms with Crippen molar-refractivity contribution in [3.8, 4) is 5.75 Å². The molecule has 1 amide bonds. The molecule has 1 aromatic heterocycles. The summed E-state index contributed by atoms with van der Waals surface area (Å²) >= 11 is 0. The molecule has 0 unspecified atom stereocenters. The minimum Gasteiger partial charge on any atom is -0.505 e. The number of hydrogen-bond donors (Lipinski definition) is 4. The van der Waals surface area contributed by atoms with Gasteiger partial charge in [0, 0.05) is 34.7 Å². The van der Waals surface area contributed by atoms with E-state index >= 15 is 0 Å². The van der Waals surface area contributed by atoms with Gasteiger partial charge in [-0.3, -0.25) is 9.78 Å². The molecule has 0 fully saturated rings. The Morgan fingerprint density at radius 3 is 2.87 bits per heavy atom. The summed E-state index contributed by atoms with van der Waals surface area (Å²) in [4.78, 5) is 16.5. The van der Waals surface area contributed by atoms with Gasteiger partial charge in [-0.15, -0.1) is 0 Å². The molecular weight excluding hydrogens is 292 g/mol. The molecule has 0 aliphatic heterocycles. The summed E-state index contributed by atoms with van der Waals surface area (Å²) in [7, 11) is 0. The summed E-state index contributed by atoms with van der Waals surface area (Å²) in [6.45, 7) is 0. The highest BCUT2D eigenvalue weighted by Crippen LogP contribution is 2.27. The van der Waals surface area contributed by atoms with Crippen LogP contribution in [0, 0.1) is 5.41 Å². The number of aromatic hydroxyl groups is 1. The zero-order chi connectivity index (χ0) is 16.4. The van der Waals surface area contributed by atoms with Crippen molar-refractivity contribution in [3.05, 3.63) is 59.8 Å². The Hall–Kier alpha value is -3.41. The molecule has 3 rings (SSSR count). The number of benzene rings is 2. The first kappa shape index (κ1) is 14.5. The van der Waals surface area contributed by atoms with Crippen LogP contribution in [-0.2, 0) is 0 Å². The fourth-order valence-electron chi connectivity index (χ4n) is 2.29. The van der Waals surface area contributed by atoms with Crippen LogP contribution in [0.4, 0.5) is 11.4 Å². The summed E-state index contributed by atoms with van der Waals surface area (Å²) in [5.74, 6) is -0.626.